The lowest BCUT2D eigenvalue weighted by molar-refractivity contribution is 0.386. The third-order valence-electron chi connectivity index (χ3n) is 5.09. The number of nitrogens with one attached hydrogen (secondary N) is 1. The van der Waals surface area contributed by atoms with Crippen molar-refractivity contribution in [3.05, 3.63) is 84.1 Å². The summed E-state index contributed by atoms with van der Waals surface area (Å²) < 4.78 is 26.3. The van der Waals surface area contributed by atoms with Crippen molar-refractivity contribution in [2.75, 3.05) is 19.5 Å². The van der Waals surface area contributed by atoms with Gasteiger partial charge in [-0.2, -0.15) is 5.10 Å². The number of aliphatic imine (C=N–C) groups is 1. The molecule has 2 aromatic heterocycles. The first kappa shape index (κ1) is 23.9. The second-order valence-electron chi connectivity index (χ2n) is 7.17. The van der Waals surface area contributed by atoms with Gasteiger partial charge < -0.3 is 14.8 Å². The van der Waals surface area contributed by atoms with Crippen LogP contribution in [0.3, 0.4) is 0 Å². The van der Waals surface area contributed by atoms with E-state index in [2.05, 4.69) is 26.9 Å². The Morgan fingerprint density at radius 1 is 1.20 bits per heavy atom. The number of hydrogen-bond acceptors (Lipinski definition) is 7. The molecule has 0 radical (unpaired) electrons. The van der Waals surface area contributed by atoms with E-state index in [9.17, 15) is 4.39 Å². The molecule has 4 rings (SSSR count). The van der Waals surface area contributed by atoms with Gasteiger partial charge >= 0.3 is 0 Å². The minimum Gasteiger partial charge on any atom is -0.492 e. The predicted octanol–water partition coefficient (Wildman–Crippen LogP) is 5.49. The van der Waals surface area contributed by atoms with Crippen LogP contribution in [0.5, 0.6) is 11.5 Å². The SMILES string of the molecule is C=C/N=C\C=C\Nc1nc(-c2nn(Cc3ccc(F)c(OC)c3Cl)c3ccccc23)ncc1OC. The number of hydrogen-bond donors (Lipinski definition) is 1. The number of benzene rings is 2. The van der Waals surface area contributed by atoms with Crippen LogP contribution in [0.25, 0.3) is 22.4 Å². The molecule has 0 fully saturated rings. The minimum atomic E-state index is -0.524. The second-order valence-corrected chi connectivity index (χ2v) is 7.55. The third kappa shape index (κ3) is 4.99. The minimum absolute atomic E-state index is 0.00115. The zero-order valence-electron chi connectivity index (χ0n) is 19.1. The summed E-state index contributed by atoms with van der Waals surface area (Å²) in [4.78, 5) is 13.0. The highest BCUT2D eigenvalue weighted by molar-refractivity contribution is 6.32. The van der Waals surface area contributed by atoms with Crippen molar-refractivity contribution < 1.29 is 13.9 Å². The van der Waals surface area contributed by atoms with E-state index in [-0.39, 0.29) is 10.8 Å². The van der Waals surface area contributed by atoms with E-state index in [4.69, 9.17) is 26.2 Å². The van der Waals surface area contributed by atoms with Crippen molar-refractivity contribution in [3.63, 3.8) is 0 Å². The maximum absolute atomic E-state index is 14.0. The van der Waals surface area contributed by atoms with E-state index in [0.29, 0.717) is 35.2 Å². The number of ether oxygens (including phenoxy) is 2. The van der Waals surface area contributed by atoms with Crippen LogP contribution in [0.4, 0.5) is 10.2 Å². The first-order valence-corrected chi connectivity index (χ1v) is 10.9. The Bertz CT molecular complexity index is 1430. The summed E-state index contributed by atoms with van der Waals surface area (Å²) >= 11 is 6.40. The maximum Gasteiger partial charge on any atom is 0.183 e. The molecule has 178 valence electrons. The highest BCUT2D eigenvalue weighted by Gasteiger charge is 2.19. The molecule has 0 aliphatic rings. The van der Waals surface area contributed by atoms with Crippen LogP contribution >= 0.6 is 11.6 Å². The zero-order valence-corrected chi connectivity index (χ0v) is 19.8. The van der Waals surface area contributed by atoms with Gasteiger partial charge in [0.25, 0.3) is 0 Å². The Morgan fingerprint density at radius 3 is 2.80 bits per heavy atom. The molecule has 1 N–H and O–H groups in total. The van der Waals surface area contributed by atoms with Crippen molar-refractivity contribution in [1.29, 1.82) is 0 Å². The summed E-state index contributed by atoms with van der Waals surface area (Å²) in [6, 6.07) is 10.6. The highest BCUT2D eigenvalue weighted by Crippen LogP contribution is 2.33. The summed E-state index contributed by atoms with van der Waals surface area (Å²) in [5.41, 5.74) is 2.08. The number of allylic oxidation sites excluding steroid dienone is 1. The van der Waals surface area contributed by atoms with Crippen LogP contribution in [-0.4, -0.2) is 40.2 Å². The van der Waals surface area contributed by atoms with Gasteiger partial charge in [0.15, 0.2) is 29.0 Å². The summed E-state index contributed by atoms with van der Waals surface area (Å²) in [6.45, 7) is 3.82. The molecule has 0 amide bonds. The van der Waals surface area contributed by atoms with Gasteiger partial charge in [0.1, 0.15) is 5.69 Å². The van der Waals surface area contributed by atoms with Crippen molar-refractivity contribution in [2.24, 2.45) is 4.99 Å². The molecule has 0 unspecified atom stereocenters. The standard InChI is InChI=1S/C25H22ClFN6O2/c1-4-28-12-7-13-29-24-20(34-2)14-30-25(31-24)22-17-8-5-6-9-19(17)33(32-22)15-16-10-11-18(27)23(35-3)21(16)26/h4-14H,1,15H2,2-3H3,(H,29,30,31)/b13-7+,28-12-. The molecule has 8 nitrogen and oxygen atoms in total. The summed E-state index contributed by atoms with van der Waals surface area (Å²) in [6.07, 6.45) is 7.96. The Morgan fingerprint density at radius 2 is 2.03 bits per heavy atom. The number of rotatable bonds is 9. The Labute approximate surface area is 206 Å². The maximum atomic E-state index is 14.0. The molecule has 0 saturated heterocycles. The quantitative estimate of drug-likeness (QED) is 0.311. The smallest absolute Gasteiger partial charge is 0.183 e. The average Bonchev–Trinajstić information content (AvgIpc) is 3.24. The fraction of sp³-hybridized carbons (Fsp3) is 0.120. The van der Waals surface area contributed by atoms with Crippen molar-refractivity contribution >= 4 is 34.5 Å². The van der Waals surface area contributed by atoms with Gasteiger partial charge in [0.2, 0.25) is 0 Å². The zero-order chi connectivity index (χ0) is 24.8. The molecule has 10 heteroatoms. The fourth-order valence-corrected chi connectivity index (χ4v) is 3.77. The molecule has 0 saturated carbocycles. The van der Waals surface area contributed by atoms with Gasteiger partial charge in [0, 0.05) is 24.0 Å². The fourth-order valence-electron chi connectivity index (χ4n) is 3.48. The monoisotopic (exact) mass is 492 g/mol. The van der Waals surface area contributed by atoms with Crippen molar-refractivity contribution in [2.45, 2.75) is 6.54 Å². The topological polar surface area (TPSA) is 86.5 Å². The molecule has 0 aliphatic carbocycles. The molecule has 35 heavy (non-hydrogen) atoms. The number of anilines is 1. The average molecular weight is 493 g/mol. The highest BCUT2D eigenvalue weighted by atomic mass is 35.5. The molecule has 0 bridgehead atoms. The van der Waals surface area contributed by atoms with Gasteiger partial charge in [0.05, 0.1) is 37.5 Å². The summed E-state index contributed by atoms with van der Waals surface area (Å²) in [5.74, 6) is 0.808. The Balaban J connectivity index is 1.75. The lowest BCUT2D eigenvalue weighted by Gasteiger charge is -2.10. The first-order valence-electron chi connectivity index (χ1n) is 10.5. The van der Waals surface area contributed by atoms with E-state index < -0.39 is 5.82 Å². The molecular weight excluding hydrogens is 471 g/mol. The normalized spacial score (nSPS) is 11.4. The van der Waals surface area contributed by atoms with E-state index >= 15 is 0 Å². The molecule has 2 heterocycles. The van der Waals surface area contributed by atoms with Gasteiger partial charge in [-0.05, 0) is 23.8 Å². The van der Waals surface area contributed by atoms with Crippen LogP contribution in [0.15, 0.2) is 72.6 Å². The number of para-hydroxylation sites is 1. The second kappa shape index (κ2) is 10.8. The molecule has 2 aromatic carbocycles. The van der Waals surface area contributed by atoms with Gasteiger partial charge in [-0.1, -0.05) is 42.4 Å². The summed E-state index contributed by atoms with van der Waals surface area (Å²) in [7, 11) is 2.92. The number of fused-ring (bicyclic) bond motifs is 1. The molecule has 4 aromatic rings. The van der Waals surface area contributed by atoms with Crippen LogP contribution in [0, 0.1) is 5.82 Å². The van der Waals surface area contributed by atoms with E-state index in [1.165, 1.54) is 26.5 Å². The first-order chi connectivity index (χ1) is 17.1. The van der Waals surface area contributed by atoms with E-state index in [1.54, 1.807) is 35.4 Å². The van der Waals surface area contributed by atoms with Crippen LogP contribution in [0.1, 0.15) is 5.56 Å². The number of halogens is 2. The van der Waals surface area contributed by atoms with E-state index in [0.717, 1.165) is 10.9 Å². The van der Waals surface area contributed by atoms with Gasteiger partial charge in [-0.3, -0.25) is 9.67 Å². The van der Waals surface area contributed by atoms with Crippen LogP contribution in [-0.2, 0) is 6.54 Å². The van der Waals surface area contributed by atoms with Crippen LogP contribution < -0.4 is 14.8 Å². The number of aromatic nitrogens is 4. The third-order valence-corrected chi connectivity index (χ3v) is 5.51. The lowest BCUT2D eigenvalue weighted by atomic mass is 10.2. The molecule has 0 aliphatic heterocycles. The largest absolute Gasteiger partial charge is 0.492 e. The molecular formula is C25H22ClFN6O2. The Hall–Kier alpha value is -4.24. The lowest BCUT2D eigenvalue weighted by Crippen LogP contribution is -2.04. The molecule has 0 spiro atoms. The Kier molecular flexibility index (Phi) is 7.37. The van der Waals surface area contributed by atoms with Crippen molar-refractivity contribution in [1.82, 2.24) is 19.7 Å². The van der Waals surface area contributed by atoms with Crippen molar-refractivity contribution in [3.8, 4) is 23.0 Å². The van der Waals surface area contributed by atoms with E-state index in [1.807, 2.05) is 24.3 Å². The van der Waals surface area contributed by atoms with Gasteiger partial charge in [-0.15, -0.1) is 0 Å². The van der Waals surface area contributed by atoms with Crippen LogP contribution in [0.2, 0.25) is 5.02 Å². The predicted molar refractivity (Wildman–Crippen MR) is 136 cm³/mol. The number of methoxy groups -OCH3 is 2. The molecule has 0 atom stereocenters. The van der Waals surface area contributed by atoms with Gasteiger partial charge in [-0.25, -0.2) is 14.4 Å². The summed E-state index contributed by atoms with van der Waals surface area (Å²) in [5, 5.41) is 8.89. The number of nitrogens with zero attached hydrogens (tertiary/aromatic N) is 5.